The number of furan rings is 1. The first-order valence-electron chi connectivity index (χ1n) is 15.3. The van der Waals surface area contributed by atoms with Crippen LogP contribution in [0.1, 0.15) is 0 Å². The molecule has 45 heavy (non-hydrogen) atoms. The van der Waals surface area contributed by atoms with Crippen molar-refractivity contribution in [1.82, 2.24) is 4.98 Å². The van der Waals surface area contributed by atoms with E-state index in [1.54, 1.807) is 0 Å². The smallest absolute Gasteiger partial charge is 0.143 e. The quantitative estimate of drug-likeness (QED) is 0.196. The minimum atomic E-state index is 0.913. The summed E-state index contributed by atoms with van der Waals surface area (Å²) in [5.41, 5.74) is 11.2. The van der Waals surface area contributed by atoms with Crippen LogP contribution in [0, 0.1) is 0 Å². The molecule has 0 spiro atoms. The highest BCUT2D eigenvalue weighted by atomic mass is 16.3. The van der Waals surface area contributed by atoms with Gasteiger partial charge in [-0.25, -0.2) is 0 Å². The van der Waals surface area contributed by atoms with E-state index >= 15 is 0 Å². The Hall–Kier alpha value is -5.99. The van der Waals surface area contributed by atoms with Crippen LogP contribution in [0.5, 0.6) is 0 Å². The number of fused-ring (bicyclic) bond motifs is 5. The topological polar surface area (TPSA) is 26.0 Å². The third-order valence-corrected chi connectivity index (χ3v) is 8.94. The molecule has 0 unspecified atom stereocenters. The zero-order valence-corrected chi connectivity index (χ0v) is 24.4. The highest BCUT2D eigenvalue weighted by Crippen LogP contribution is 2.45. The van der Waals surface area contributed by atoms with Gasteiger partial charge in [-0.3, -0.25) is 4.98 Å². The number of nitrogens with zero attached hydrogens (tertiary/aromatic N) is 1. The molecule has 210 valence electrons. The Bertz CT molecular complexity index is 2480. The van der Waals surface area contributed by atoms with Gasteiger partial charge in [0.1, 0.15) is 11.2 Å². The second-order valence-electron chi connectivity index (χ2n) is 11.5. The Kier molecular flexibility index (Phi) is 5.85. The monoisotopic (exact) mass is 573 g/mol. The Morgan fingerprint density at radius 1 is 0.378 bits per heavy atom. The van der Waals surface area contributed by atoms with Crippen LogP contribution in [-0.2, 0) is 0 Å². The van der Waals surface area contributed by atoms with Gasteiger partial charge in [-0.2, -0.15) is 0 Å². The lowest BCUT2D eigenvalue weighted by Gasteiger charge is -2.18. The van der Waals surface area contributed by atoms with E-state index < -0.39 is 0 Å². The summed E-state index contributed by atoms with van der Waals surface area (Å²) in [5, 5.41) is 7.22. The first kappa shape index (κ1) is 25.5. The van der Waals surface area contributed by atoms with Gasteiger partial charge < -0.3 is 4.42 Å². The maximum atomic E-state index is 6.43. The molecular formula is C43H27NO. The van der Waals surface area contributed by atoms with Crippen LogP contribution in [0.15, 0.2) is 168 Å². The van der Waals surface area contributed by atoms with Gasteiger partial charge in [0.15, 0.2) is 0 Å². The van der Waals surface area contributed by atoms with E-state index in [0.717, 1.165) is 44.2 Å². The number of para-hydroxylation sites is 2. The highest BCUT2D eigenvalue weighted by molar-refractivity contribution is 6.21. The van der Waals surface area contributed by atoms with E-state index in [1.807, 2.05) is 30.6 Å². The van der Waals surface area contributed by atoms with Gasteiger partial charge in [-0.15, -0.1) is 0 Å². The summed E-state index contributed by atoms with van der Waals surface area (Å²) < 4.78 is 6.43. The molecule has 2 nitrogen and oxygen atoms in total. The van der Waals surface area contributed by atoms with Crippen molar-refractivity contribution >= 4 is 43.5 Å². The molecule has 2 heteroatoms. The average molecular weight is 574 g/mol. The molecule has 0 aliphatic rings. The Labute approximate surface area is 260 Å². The fourth-order valence-corrected chi connectivity index (χ4v) is 6.95. The summed E-state index contributed by atoms with van der Waals surface area (Å²) in [5.74, 6) is 0. The molecule has 0 amide bonds. The van der Waals surface area contributed by atoms with E-state index in [9.17, 15) is 0 Å². The van der Waals surface area contributed by atoms with Gasteiger partial charge in [0, 0.05) is 34.3 Å². The van der Waals surface area contributed by atoms with Crippen molar-refractivity contribution in [2.45, 2.75) is 0 Å². The number of rotatable bonds is 4. The maximum Gasteiger partial charge on any atom is 0.143 e. The first-order chi connectivity index (χ1) is 22.3. The highest BCUT2D eigenvalue weighted by Gasteiger charge is 2.18. The molecule has 0 saturated heterocycles. The van der Waals surface area contributed by atoms with Crippen LogP contribution >= 0.6 is 0 Å². The molecule has 0 saturated carbocycles. The van der Waals surface area contributed by atoms with Crippen LogP contribution in [-0.4, -0.2) is 4.98 Å². The lowest BCUT2D eigenvalue weighted by molar-refractivity contribution is 0.670. The zero-order valence-electron chi connectivity index (χ0n) is 24.4. The van der Waals surface area contributed by atoms with Crippen molar-refractivity contribution < 1.29 is 4.42 Å². The van der Waals surface area contributed by atoms with Crippen molar-refractivity contribution in [2.24, 2.45) is 0 Å². The van der Waals surface area contributed by atoms with Crippen molar-refractivity contribution in [3.05, 3.63) is 164 Å². The van der Waals surface area contributed by atoms with E-state index in [-0.39, 0.29) is 0 Å². The summed E-state index contributed by atoms with van der Waals surface area (Å²) in [6.45, 7) is 0. The zero-order chi connectivity index (χ0) is 29.7. The number of pyridine rings is 1. The minimum Gasteiger partial charge on any atom is -0.455 e. The van der Waals surface area contributed by atoms with Crippen LogP contribution in [0.2, 0.25) is 0 Å². The molecule has 0 N–H and O–H groups in total. The first-order valence-corrected chi connectivity index (χ1v) is 15.3. The van der Waals surface area contributed by atoms with Gasteiger partial charge >= 0.3 is 0 Å². The van der Waals surface area contributed by atoms with E-state index in [2.05, 4.69) is 138 Å². The van der Waals surface area contributed by atoms with Crippen molar-refractivity contribution in [3.8, 4) is 44.5 Å². The fourth-order valence-electron chi connectivity index (χ4n) is 6.95. The van der Waals surface area contributed by atoms with Gasteiger partial charge in [-0.1, -0.05) is 127 Å². The number of benzene rings is 7. The summed E-state index contributed by atoms with van der Waals surface area (Å²) in [6, 6.07) is 54.2. The van der Waals surface area contributed by atoms with Gasteiger partial charge in [0.05, 0.1) is 0 Å². The molecule has 9 rings (SSSR count). The lowest BCUT2D eigenvalue weighted by atomic mass is 9.85. The van der Waals surface area contributed by atoms with Crippen molar-refractivity contribution in [3.63, 3.8) is 0 Å². The fraction of sp³-hybridized carbons (Fsp3) is 0. The molecule has 0 aliphatic heterocycles. The molecular weight excluding hydrogens is 546 g/mol. The SMILES string of the molecule is c1cncc(-c2cccc(-c3c4ccccc4c(-c4cccc(-c5cccc6c5oc5ccccc56)c4)c4ccccc34)c2)c1. The Morgan fingerprint density at radius 3 is 1.53 bits per heavy atom. The van der Waals surface area contributed by atoms with Crippen LogP contribution < -0.4 is 0 Å². The average Bonchev–Trinajstić information content (AvgIpc) is 3.50. The summed E-state index contributed by atoms with van der Waals surface area (Å²) in [6.07, 6.45) is 3.75. The van der Waals surface area contributed by atoms with Crippen molar-refractivity contribution in [1.29, 1.82) is 0 Å². The number of hydrogen-bond acceptors (Lipinski definition) is 2. The lowest BCUT2D eigenvalue weighted by Crippen LogP contribution is -1.91. The second kappa shape index (κ2) is 10.3. The van der Waals surface area contributed by atoms with E-state index in [4.69, 9.17) is 4.42 Å². The van der Waals surface area contributed by atoms with Crippen LogP contribution in [0.25, 0.3) is 88.0 Å². The maximum absolute atomic E-state index is 6.43. The van der Waals surface area contributed by atoms with Crippen LogP contribution in [0.3, 0.4) is 0 Å². The van der Waals surface area contributed by atoms with Gasteiger partial charge in [0.2, 0.25) is 0 Å². The van der Waals surface area contributed by atoms with Gasteiger partial charge in [-0.05, 0) is 79.2 Å². The van der Waals surface area contributed by atoms with E-state index in [0.29, 0.717) is 0 Å². The predicted molar refractivity (Wildman–Crippen MR) is 188 cm³/mol. The normalized spacial score (nSPS) is 11.6. The van der Waals surface area contributed by atoms with Crippen LogP contribution in [0.4, 0.5) is 0 Å². The molecule has 0 bridgehead atoms. The third-order valence-electron chi connectivity index (χ3n) is 8.94. The summed E-state index contributed by atoms with van der Waals surface area (Å²) >= 11 is 0. The molecule has 7 aromatic carbocycles. The largest absolute Gasteiger partial charge is 0.455 e. The van der Waals surface area contributed by atoms with E-state index in [1.165, 1.54) is 43.8 Å². The predicted octanol–water partition coefficient (Wildman–Crippen LogP) is 12.0. The van der Waals surface area contributed by atoms with Gasteiger partial charge in [0.25, 0.3) is 0 Å². The second-order valence-corrected chi connectivity index (χ2v) is 11.5. The number of aromatic nitrogens is 1. The minimum absolute atomic E-state index is 0.913. The number of hydrogen-bond donors (Lipinski definition) is 0. The molecule has 0 atom stereocenters. The summed E-state index contributed by atoms with van der Waals surface area (Å²) in [7, 11) is 0. The van der Waals surface area contributed by atoms with Crippen molar-refractivity contribution in [2.75, 3.05) is 0 Å². The Morgan fingerprint density at radius 2 is 0.889 bits per heavy atom. The molecule has 2 aromatic heterocycles. The third kappa shape index (κ3) is 4.15. The molecule has 0 fully saturated rings. The molecule has 2 heterocycles. The Balaban J connectivity index is 1.28. The molecule has 0 radical (unpaired) electrons. The molecule has 9 aromatic rings. The standard InChI is InChI=1S/C43H27NO/c1-3-19-37-35(17-1)41(30-13-7-11-28(25-30)32-15-10-24-44-27-32)36-18-2-4-20-38(36)42(37)31-14-8-12-29(26-31)33-21-9-22-39-34-16-5-6-23-40(34)45-43(33)39/h1-27H. The molecule has 0 aliphatic carbocycles. The summed E-state index contributed by atoms with van der Waals surface area (Å²) in [4.78, 5) is 4.36.